The van der Waals surface area contributed by atoms with E-state index < -0.39 is 12.7 Å². The Labute approximate surface area is 145 Å². The summed E-state index contributed by atoms with van der Waals surface area (Å²) in [4.78, 5) is 12.0. The molecule has 25 heavy (non-hydrogen) atoms. The van der Waals surface area contributed by atoms with Crippen molar-refractivity contribution in [3.63, 3.8) is 0 Å². The summed E-state index contributed by atoms with van der Waals surface area (Å²) in [6.07, 6.45) is 0.896. The number of hydrogen-bond acceptors (Lipinski definition) is 7. The molecule has 0 saturated heterocycles. The monoisotopic (exact) mass is 368 g/mol. The molecule has 0 spiro atoms. The first-order chi connectivity index (χ1) is 12.0. The first-order valence-electron chi connectivity index (χ1n) is 7.05. The molecule has 0 amide bonds. The lowest BCUT2D eigenvalue weighted by molar-refractivity contribution is -0.0527. The summed E-state index contributed by atoms with van der Waals surface area (Å²) in [6, 6.07) is 7.57. The maximum absolute atomic E-state index is 12.3. The number of pyridine rings is 2. The van der Waals surface area contributed by atoms with E-state index in [-0.39, 0.29) is 23.3 Å². The molecule has 10 heteroatoms. The van der Waals surface area contributed by atoms with E-state index in [1.165, 1.54) is 18.3 Å². The van der Waals surface area contributed by atoms with Gasteiger partial charge in [0.25, 0.3) is 5.89 Å². The molecule has 0 saturated carbocycles. The van der Waals surface area contributed by atoms with Crippen molar-refractivity contribution in [3.8, 4) is 23.1 Å². The SMILES string of the molecule is C[C@H](Oc1ccc(Cl)nc1)c1nc(-c2cccc(OC(F)F)n2)no1. The predicted molar refractivity (Wildman–Crippen MR) is 82.5 cm³/mol. The van der Waals surface area contributed by atoms with Crippen LogP contribution in [0.5, 0.6) is 11.6 Å². The molecule has 3 aromatic heterocycles. The van der Waals surface area contributed by atoms with Crippen molar-refractivity contribution >= 4 is 11.6 Å². The van der Waals surface area contributed by atoms with Crippen LogP contribution in [-0.4, -0.2) is 26.7 Å². The van der Waals surface area contributed by atoms with Gasteiger partial charge in [0.2, 0.25) is 11.7 Å². The van der Waals surface area contributed by atoms with Crippen molar-refractivity contribution < 1.29 is 22.8 Å². The number of ether oxygens (including phenoxy) is 2. The Morgan fingerprint density at radius 2 is 1.96 bits per heavy atom. The van der Waals surface area contributed by atoms with Crippen molar-refractivity contribution in [2.24, 2.45) is 0 Å². The summed E-state index contributed by atoms with van der Waals surface area (Å²) in [5, 5.41) is 4.12. The van der Waals surface area contributed by atoms with Crippen molar-refractivity contribution in [3.05, 3.63) is 47.6 Å². The Morgan fingerprint density at radius 1 is 1.12 bits per heavy atom. The highest BCUT2D eigenvalue weighted by Crippen LogP contribution is 2.23. The zero-order valence-electron chi connectivity index (χ0n) is 12.8. The number of halogens is 3. The predicted octanol–water partition coefficient (Wildman–Crippen LogP) is 3.92. The molecule has 130 valence electrons. The molecule has 3 heterocycles. The highest BCUT2D eigenvalue weighted by Gasteiger charge is 2.18. The number of aromatic nitrogens is 4. The van der Waals surface area contributed by atoms with Crippen LogP contribution in [0, 0.1) is 0 Å². The van der Waals surface area contributed by atoms with Gasteiger partial charge < -0.3 is 14.0 Å². The van der Waals surface area contributed by atoms with Crippen LogP contribution in [0.3, 0.4) is 0 Å². The molecule has 0 aliphatic rings. The summed E-state index contributed by atoms with van der Waals surface area (Å²) in [5.74, 6) is 0.545. The highest BCUT2D eigenvalue weighted by molar-refractivity contribution is 6.29. The molecular formula is C15H11ClF2N4O3. The third-order valence-corrected chi connectivity index (χ3v) is 3.19. The fraction of sp³-hybridized carbons (Fsp3) is 0.200. The quantitative estimate of drug-likeness (QED) is 0.610. The second-order valence-electron chi connectivity index (χ2n) is 4.77. The van der Waals surface area contributed by atoms with E-state index >= 15 is 0 Å². The van der Waals surface area contributed by atoms with Gasteiger partial charge in [-0.05, 0) is 25.1 Å². The normalized spacial score (nSPS) is 12.2. The topological polar surface area (TPSA) is 83.2 Å². The van der Waals surface area contributed by atoms with Crippen LogP contribution in [0.4, 0.5) is 8.78 Å². The molecule has 3 rings (SSSR count). The van der Waals surface area contributed by atoms with Crippen LogP contribution in [0.2, 0.25) is 5.15 Å². The largest absolute Gasteiger partial charge is 0.479 e. The summed E-state index contributed by atoms with van der Waals surface area (Å²) >= 11 is 5.71. The lowest BCUT2D eigenvalue weighted by Crippen LogP contribution is -2.04. The standard InChI is InChI=1S/C15H11ClF2N4O3/c1-8(23-9-5-6-11(16)19-7-9)14-21-13(22-25-14)10-3-2-4-12(20-10)24-15(17)18/h2-8,15H,1H3/t8-/m0/s1. The van der Waals surface area contributed by atoms with Gasteiger partial charge in [0.1, 0.15) is 16.6 Å². The molecule has 0 unspecified atom stereocenters. The zero-order chi connectivity index (χ0) is 17.8. The minimum Gasteiger partial charge on any atom is -0.479 e. The van der Waals surface area contributed by atoms with E-state index in [9.17, 15) is 8.78 Å². The van der Waals surface area contributed by atoms with E-state index in [0.717, 1.165) is 0 Å². The van der Waals surface area contributed by atoms with Crippen LogP contribution in [0.1, 0.15) is 18.9 Å². The fourth-order valence-electron chi connectivity index (χ4n) is 1.89. The summed E-state index contributed by atoms with van der Waals surface area (Å²) < 4.78 is 39.5. The lowest BCUT2D eigenvalue weighted by atomic mass is 10.3. The van der Waals surface area contributed by atoms with Gasteiger partial charge in [-0.3, -0.25) is 0 Å². The number of rotatable bonds is 6. The fourth-order valence-corrected chi connectivity index (χ4v) is 2.00. The Morgan fingerprint density at radius 3 is 2.68 bits per heavy atom. The molecule has 0 fully saturated rings. The van der Waals surface area contributed by atoms with Gasteiger partial charge in [0, 0.05) is 6.07 Å². The van der Waals surface area contributed by atoms with Gasteiger partial charge in [-0.15, -0.1) is 0 Å². The van der Waals surface area contributed by atoms with Gasteiger partial charge in [-0.25, -0.2) is 9.97 Å². The molecule has 0 N–H and O–H groups in total. The molecule has 1 atom stereocenters. The van der Waals surface area contributed by atoms with Gasteiger partial charge >= 0.3 is 6.61 Å². The van der Waals surface area contributed by atoms with Crippen LogP contribution >= 0.6 is 11.6 Å². The van der Waals surface area contributed by atoms with Crippen LogP contribution in [0.25, 0.3) is 11.5 Å². The maximum Gasteiger partial charge on any atom is 0.388 e. The van der Waals surface area contributed by atoms with E-state index in [0.29, 0.717) is 10.9 Å². The minimum atomic E-state index is -2.97. The average Bonchev–Trinajstić information content (AvgIpc) is 3.07. The molecule has 3 aromatic rings. The molecule has 0 aliphatic carbocycles. The van der Waals surface area contributed by atoms with Crippen LogP contribution in [0.15, 0.2) is 41.1 Å². The molecule has 0 radical (unpaired) electrons. The number of hydrogen-bond donors (Lipinski definition) is 0. The van der Waals surface area contributed by atoms with Gasteiger partial charge in [0.05, 0.1) is 6.20 Å². The maximum atomic E-state index is 12.3. The molecule has 0 bridgehead atoms. The number of nitrogens with zero attached hydrogens (tertiary/aromatic N) is 4. The van der Waals surface area contributed by atoms with Gasteiger partial charge in [-0.1, -0.05) is 22.8 Å². The second-order valence-corrected chi connectivity index (χ2v) is 5.16. The summed E-state index contributed by atoms with van der Waals surface area (Å²) in [7, 11) is 0. The second kappa shape index (κ2) is 7.39. The smallest absolute Gasteiger partial charge is 0.388 e. The van der Waals surface area contributed by atoms with Gasteiger partial charge in [-0.2, -0.15) is 13.8 Å². The molecule has 0 aromatic carbocycles. The molecular weight excluding hydrogens is 358 g/mol. The van der Waals surface area contributed by atoms with E-state index in [2.05, 4.69) is 24.8 Å². The summed E-state index contributed by atoms with van der Waals surface area (Å²) in [5.41, 5.74) is 0.230. The molecule has 0 aliphatic heterocycles. The van der Waals surface area contributed by atoms with E-state index in [1.807, 2.05) is 0 Å². The van der Waals surface area contributed by atoms with Crippen LogP contribution < -0.4 is 9.47 Å². The van der Waals surface area contributed by atoms with Gasteiger partial charge in [0.15, 0.2) is 6.10 Å². The van der Waals surface area contributed by atoms with Crippen molar-refractivity contribution in [2.45, 2.75) is 19.6 Å². The van der Waals surface area contributed by atoms with E-state index in [1.54, 1.807) is 25.1 Å². The average molecular weight is 369 g/mol. The van der Waals surface area contributed by atoms with E-state index in [4.69, 9.17) is 20.9 Å². The van der Waals surface area contributed by atoms with Crippen molar-refractivity contribution in [1.29, 1.82) is 0 Å². The first-order valence-corrected chi connectivity index (χ1v) is 7.43. The third-order valence-electron chi connectivity index (χ3n) is 2.97. The molecule has 7 nitrogen and oxygen atoms in total. The zero-order valence-corrected chi connectivity index (χ0v) is 13.5. The first kappa shape index (κ1) is 17.0. The van der Waals surface area contributed by atoms with Crippen molar-refractivity contribution in [2.75, 3.05) is 0 Å². The Bertz CT molecular complexity index is 845. The highest BCUT2D eigenvalue weighted by atomic mass is 35.5. The minimum absolute atomic E-state index is 0.124. The van der Waals surface area contributed by atoms with Crippen LogP contribution in [-0.2, 0) is 0 Å². The lowest BCUT2D eigenvalue weighted by Gasteiger charge is -2.09. The Balaban J connectivity index is 1.74. The summed E-state index contributed by atoms with van der Waals surface area (Å²) in [6.45, 7) is -1.26. The number of alkyl halides is 2. The van der Waals surface area contributed by atoms with Crippen molar-refractivity contribution in [1.82, 2.24) is 20.1 Å². The Kier molecular flexibility index (Phi) is 5.03. The third kappa shape index (κ3) is 4.38. The Hall–Kier alpha value is -2.81.